The van der Waals surface area contributed by atoms with Crippen LogP contribution in [-0.2, 0) is 4.79 Å². The monoisotopic (exact) mass is 383 g/mol. The van der Waals surface area contributed by atoms with Gasteiger partial charge >= 0.3 is 0 Å². The van der Waals surface area contributed by atoms with Crippen LogP contribution in [0.15, 0.2) is 39.4 Å². The second-order valence-electron chi connectivity index (χ2n) is 6.71. The smallest absolute Gasteiger partial charge is 0.261 e. The highest BCUT2D eigenvalue weighted by molar-refractivity contribution is 7.08. The Bertz CT molecular complexity index is 916. The number of carbonyl (C=O) groups is 1. The van der Waals surface area contributed by atoms with E-state index in [9.17, 15) is 4.79 Å². The van der Waals surface area contributed by atoms with Gasteiger partial charge in [-0.05, 0) is 49.3 Å². The van der Waals surface area contributed by atoms with Crippen LogP contribution in [0, 0.1) is 13.8 Å². The zero-order valence-electron chi connectivity index (χ0n) is 15.3. The Labute approximate surface area is 161 Å². The molecule has 7 heteroatoms. The van der Waals surface area contributed by atoms with Gasteiger partial charge in [0, 0.05) is 17.5 Å². The number of hydrogen-bond donors (Lipinski definition) is 0. The van der Waals surface area contributed by atoms with Crippen LogP contribution in [0.4, 0.5) is 0 Å². The Morgan fingerprint density at radius 3 is 2.85 bits per heavy atom. The van der Waals surface area contributed by atoms with E-state index in [2.05, 4.69) is 10.2 Å². The van der Waals surface area contributed by atoms with Crippen molar-refractivity contribution >= 4 is 17.2 Å². The van der Waals surface area contributed by atoms with E-state index < -0.39 is 0 Å². The maximum Gasteiger partial charge on any atom is 0.261 e. The molecule has 4 rings (SSSR count). The van der Waals surface area contributed by atoms with Crippen molar-refractivity contribution in [1.82, 2.24) is 15.1 Å². The first kappa shape index (κ1) is 17.7. The molecule has 0 radical (unpaired) electrons. The number of aromatic nitrogens is 2. The molecule has 0 spiro atoms. The first-order chi connectivity index (χ1) is 13.1. The maximum absolute atomic E-state index is 12.8. The van der Waals surface area contributed by atoms with Gasteiger partial charge < -0.3 is 14.1 Å². The molecular weight excluding hydrogens is 362 g/mol. The van der Waals surface area contributed by atoms with Crippen LogP contribution in [0.2, 0.25) is 0 Å². The minimum atomic E-state index is -0.182. The Morgan fingerprint density at radius 2 is 2.11 bits per heavy atom. The fourth-order valence-corrected chi connectivity index (χ4v) is 4.07. The third kappa shape index (κ3) is 3.60. The van der Waals surface area contributed by atoms with Gasteiger partial charge in [-0.2, -0.15) is 11.3 Å². The number of likely N-dealkylation sites (tertiary alicyclic amines) is 1. The summed E-state index contributed by atoms with van der Waals surface area (Å²) in [5, 5.41) is 12.3. The van der Waals surface area contributed by atoms with Crippen molar-refractivity contribution in [3.05, 3.63) is 52.0 Å². The van der Waals surface area contributed by atoms with E-state index in [0.29, 0.717) is 18.3 Å². The molecule has 0 N–H and O–H groups in total. The zero-order chi connectivity index (χ0) is 18.8. The molecule has 1 atom stereocenters. The Kier molecular flexibility index (Phi) is 4.94. The van der Waals surface area contributed by atoms with Gasteiger partial charge in [0.1, 0.15) is 11.8 Å². The van der Waals surface area contributed by atoms with E-state index in [4.69, 9.17) is 9.15 Å². The summed E-state index contributed by atoms with van der Waals surface area (Å²) >= 11 is 1.58. The Balaban J connectivity index is 1.46. The van der Waals surface area contributed by atoms with Crippen LogP contribution in [0.5, 0.6) is 5.75 Å². The second kappa shape index (κ2) is 7.52. The highest BCUT2D eigenvalue weighted by Crippen LogP contribution is 2.33. The number of para-hydroxylation sites is 1. The van der Waals surface area contributed by atoms with Gasteiger partial charge in [-0.15, -0.1) is 10.2 Å². The number of thiophene rings is 1. The van der Waals surface area contributed by atoms with Gasteiger partial charge in [0.25, 0.3) is 5.91 Å². The summed E-state index contributed by atoms with van der Waals surface area (Å²) in [5.41, 5.74) is 2.96. The normalized spacial score (nSPS) is 16.7. The highest BCUT2D eigenvalue weighted by Gasteiger charge is 2.34. The summed E-state index contributed by atoms with van der Waals surface area (Å²) in [4.78, 5) is 14.6. The average Bonchev–Trinajstić information content (AvgIpc) is 3.40. The van der Waals surface area contributed by atoms with Crippen LogP contribution in [0.1, 0.15) is 35.9 Å². The fourth-order valence-electron chi connectivity index (χ4n) is 3.44. The van der Waals surface area contributed by atoms with E-state index in [1.54, 1.807) is 16.2 Å². The molecule has 3 aromatic rings. The van der Waals surface area contributed by atoms with E-state index in [-0.39, 0.29) is 18.6 Å². The molecule has 140 valence electrons. The number of aryl methyl sites for hydroxylation is 2. The highest BCUT2D eigenvalue weighted by atomic mass is 32.1. The number of carbonyl (C=O) groups excluding carboxylic acids is 1. The van der Waals surface area contributed by atoms with Gasteiger partial charge in [0.05, 0.1) is 0 Å². The molecule has 1 saturated heterocycles. The van der Waals surface area contributed by atoms with Crippen LogP contribution in [0.3, 0.4) is 0 Å². The molecule has 2 aromatic heterocycles. The zero-order valence-corrected chi connectivity index (χ0v) is 16.2. The first-order valence-corrected chi connectivity index (χ1v) is 9.92. The molecule has 1 fully saturated rings. The van der Waals surface area contributed by atoms with Crippen LogP contribution >= 0.6 is 11.3 Å². The van der Waals surface area contributed by atoms with Gasteiger partial charge in [0.2, 0.25) is 11.8 Å². The number of amides is 1. The molecule has 0 saturated carbocycles. The molecule has 1 aliphatic rings. The molecule has 1 aromatic carbocycles. The van der Waals surface area contributed by atoms with E-state index in [1.807, 2.05) is 48.9 Å². The van der Waals surface area contributed by atoms with Crippen LogP contribution < -0.4 is 4.74 Å². The number of ether oxygens (including phenoxy) is 1. The second-order valence-corrected chi connectivity index (χ2v) is 7.49. The minimum absolute atomic E-state index is 0.00766. The third-order valence-corrected chi connectivity index (χ3v) is 5.50. The molecule has 6 nitrogen and oxygen atoms in total. The summed E-state index contributed by atoms with van der Waals surface area (Å²) in [7, 11) is 0. The lowest BCUT2D eigenvalue weighted by atomic mass is 10.1. The fraction of sp³-hybridized carbons (Fsp3) is 0.350. The van der Waals surface area contributed by atoms with E-state index in [1.165, 1.54) is 0 Å². The Morgan fingerprint density at radius 1 is 1.30 bits per heavy atom. The number of nitrogens with zero attached hydrogens (tertiary/aromatic N) is 3. The first-order valence-electron chi connectivity index (χ1n) is 8.98. The number of benzene rings is 1. The molecule has 3 heterocycles. The van der Waals surface area contributed by atoms with Crippen molar-refractivity contribution < 1.29 is 13.9 Å². The third-order valence-electron chi connectivity index (χ3n) is 4.82. The van der Waals surface area contributed by atoms with Gasteiger partial charge in [-0.25, -0.2) is 0 Å². The number of rotatable bonds is 5. The van der Waals surface area contributed by atoms with Crippen molar-refractivity contribution in [1.29, 1.82) is 0 Å². The lowest BCUT2D eigenvalue weighted by Crippen LogP contribution is -2.34. The SMILES string of the molecule is Cc1cccc(C)c1OCC(=O)N1CCC[C@H]1c1nnc(-c2ccsc2)o1. The van der Waals surface area contributed by atoms with Crippen molar-refractivity contribution in [2.45, 2.75) is 32.7 Å². The van der Waals surface area contributed by atoms with Crippen LogP contribution in [-0.4, -0.2) is 34.2 Å². The summed E-state index contributed by atoms with van der Waals surface area (Å²) < 4.78 is 11.7. The minimum Gasteiger partial charge on any atom is -0.483 e. The summed E-state index contributed by atoms with van der Waals surface area (Å²) in [6.45, 7) is 4.65. The van der Waals surface area contributed by atoms with Crippen molar-refractivity contribution in [3.8, 4) is 17.2 Å². The van der Waals surface area contributed by atoms with Crippen molar-refractivity contribution in [2.75, 3.05) is 13.2 Å². The molecular formula is C20H21N3O3S. The summed E-state index contributed by atoms with van der Waals surface area (Å²) in [6, 6.07) is 7.71. The molecule has 0 aliphatic carbocycles. The van der Waals surface area contributed by atoms with Gasteiger partial charge in [-0.3, -0.25) is 4.79 Å². The quantitative estimate of drug-likeness (QED) is 0.662. The van der Waals surface area contributed by atoms with Crippen LogP contribution in [0.25, 0.3) is 11.5 Å². The largest absolute Gasteiger partial charge is 0.483 e. The maximum atomic E-state index is 12.8. The predicted molar refractivity (Wildman–Crippen MR) is 103 cm³/mol. The lowest BCUT2D eigenvalue weighted by Gasteiger charge is -2.22. The van der Waals surface area contributed by atoms with E-state index >= 15 is 0 Å². The number of hydrogen-bond acceptors (Lipinski definition) is 6. The van der Waals surface area contributed by atoms with E-state index in [0.717, 1.165) is 35.3 Å². The topological polar surface area (TPSA) is 68.5 Å². The summed E-state index contributed by atoms with van der Waals surface area (Å²) in [5.74, 6) is 1.71. The van der Waals surface area contributed by atoms with Gasteiger partial charge in [-0.1, -0.05) is 18.2 Å². The molecule has 1 aliphatic heterocycles. The predicted octanol–water partition coefficient (Wildman–Crippen LogP) is 4.16. The summed E-state index contributed by atoms with van der Waals surface area (Å²) in [6.07, 6.45) is 1.73. The Hall–Kier alpha value is -2.67. The lowest BCUT2D eigenvalue weighted by molar-refractivity contribution is -0.134. The van der Waals surface area contributed by atoms with Gasteiger partial charge in [0.15, 0.2) is 6.61 Å². The molecule has 0 unspecified atom stereocenters. The average molecular weight is 383 g/mol. The standard InChI is InChI=1S/C20H21N3O3S/c1-13-5-3-6-14(2)18(13)25-11-17(24)23-9-4-7-16(23)20-22-21-19(26-20)15-8-10-27-12-15/h3,5-6,8,10,12,16H,4,7,9,11H2,1-2H3/t16-/m0/s1. The van der Waals surface area contributed by atoms with Crippen molar-refractivity contribution in [3.63, 3.8) is 0 Å². The van der Waals surface area contributed by atoms with Crippen molar-refractivity contribution in [2.24, 2.45) is 0 Å². The molecule has 27 heavy (non-hydrogen) atoms. The molecule has 1 amide bonds. The molecule has 0 bridgehead atoms.